The molecule has 0 aliphatic heterocycles. The number of ether oxygens (including phenoxy) is 1. The first-order valence-electron chi connectivity index (χ1n) is 10.4. The molecule has 10 heteroatoms. The van der Waals surface area contributed by atoms with Gasteiger partial charge < -0.3 is 15.2 Å². The normalized spacial score (nSPS) is 10.6. The number of anilines is 1. The number of carbonyl (C=O) groups excluding carboxylic acids is 1. The van der Waals surface area contributed by atoms with Crippen LogP contribution in [0.2, 0.25) is 0 Å². The molecule has 0 atom stereocenters. The molecule has 0 saturated carbocycles. The predicted octanol–water partition coefficient (Wildman–Crippen LogP) is 3.58. The van der Waals surface area contributed by atoms with Gasteiger partial charge in [-0.05, 0) is 79.3 Å². The Bertz CT molecular complexity index is 1280. The number of H-pyrrole nitrogens is 1. The fourth-order valence-corrected chi connectivity index (χ4v) is 3.98. The molecule has 0 radical (unpaired) electrons. The smallest absolute Gasteiger partial charge is 0.342 e. The average molecular weight is 477 g/mol. The summed E-state index contributed by atoms with van der Waals surface area (Å²) in [5.74, 6) is 0.340. The number of aromatic carboxylic acids is 1. The number of thioether (sulfide) groups is 1. The second kappa shape index (κ2) is 10.6. The molecule has 2 aromatic carbocycles. The molecule has 0 bridgehead atoms. The van der Waals surface area contributed by atoms with Crippen LogP contribution >= 0.6 is 11.8 Å². The Kier molecular flexibility index (Phi) is 7.19. The lowest BCUT2D eigenvalue weighted by Gasteiger charge is -2.07. The van der Waals surface area contributed by atoms with Gasteiger partial charge in [0, 0.05) is 18.1 Å². The van der Waals surface area contributed by atoms with Crippen LogP contribution in [0.1, 0.15) is 17.3 Å². The molecule has 0 aliphatic carbocycles. The number of nitrogens with zero attached hydrogens (tertiary/aromatic N) is 3. The molecule has 0 fully saturated rings. The lowest BCUT2D eigenvalue weighted by atomic mass is 10.2. The van der Waals surface area contributed by atoms with Crippen molar-refractivity contribution < 1.29 is 24.0 Å². The number of amides is 1. The van der Waals surface area contributed by atoms with Gasteiger partial charge in [-0.2, -0.15) is 4.57 Å². The Morgan fingerprint density at radius 1 is 1.12 bits per heavy atom. The fourth-order valence-electron chi connectivity index (χ4n) is 3.21. The van der Waals surface area contributed by atoms with E-state index in [-0.39, 0.29) is 17.2 Å². The van der Waals surface area contributed by atoms with Gasteiger partial charge in [0.25, 0.3) is 5.82 Å². The summed E-state index contributed by atoms with van der Waals surface area (Å²) in [5, 5.41) is 19.9. The molecule has 34 heavy (non-hydrogen) atoms. The van der Waals surface area contributed by atoms with Gasteiger partial charge in [0.15, 0.2) is 0 Å². The maximum atomic E-state index is 12.5. The van der Waals surface area contributed by atoms with Crippen molar-refractivity contribution >= 4 is 29.3 Å². The number of benzene rings is 2. The monoisotopic (exact) mass is 476 g/mol. The molecule has 0 unspecified atom stereocenters. The van der Waals surface area contributed by atoms with Gasteiger partial charge in [-0.15, -0.1) is 5.10 Å². The van der Waals surface area contributed by atoms with Crippen molar-refractivity contribution in [3.05, 3.63) is 78.6 Å². The van der Waals surface area contributed by atoms with Crippen LogP contribution in [0.15, 0.2) is 78.2 Å². The van der Waals surface area contributed by atoms with Gasteiger partial charge in [-0.1, -0.05) is 0 Å². The van der Waals surface area contributed by atoms with Crippen molar-refractivity contribution in [3.63, 3.8) is 0 Å². The summed E-state index contributed by atoms with van der Waals surface area (Å²) in [7, 11) is 0. The third kappa shape index (κ3) is 5.41. The second-order valence-electron chi connectivity index (χ2n) is 7.08. The topological polar surface area (TPSA) is 121 Å². The zero-order chi connectivity index (χ0) is 23.9. The summed E-state index contributed by atoms with van der Waals surface area (Å²) in [6.07, 6.45) is 3.44. The van der Waals surface area contributed by atoms with E-state index in [0.29, 0.717) is 17.5 Å². The summed E-state index contributed by atoms with van der Waals surface area (Å²) in [5.41, 5.74) is 2.37. The molecular weight excluding hydrogens is 454 g/mol. The van der Waals surface area contributed by atoms with E-state index < -0.39 is 5.97 Å². The van der Waals surface area contributed by atoms with Crippen molar-refractivity contribution in [2.75, 3.05) is 17.7 Å². The van der Waals surface area contributed by atoms with Crippen LogP contribution < -0.4 is 14.6 Å². The third-order valence-corrected chi connectivity index (χ3v) is 5.70. The number of nitrogens with one attached hydrogen (secondary N) is 2. The highest BCUT2D eigenvalue weighted by atomic mass is 32.2. The van der Waals surface area contributed by atoms with Gasteiger partial charge >= 0.3 is 11.1 Å². The SMILES string of the molecule is CCOc1ccc(-[n+]2c(SCC(=O)Nc3ccc(C(=O)O)cc3)n[nH]c2-c2cccnc2)cc1. The maximum absolute atomic E-state index is 12.5. The van der Waals surface area contributed by atoms with Gasteiger partial charge in [-0.25, -0.2) is 4.79 Å². The standard InChI is InChI=1S/C24H21N5O4S/c1-2-33-20-11-9-19(10-12-20)29-22(17-4-3-13-25-14-17)27-28-24(29)34-15-21(30)26-18-7-5-16(6-8-18)23(31)32/h3-14H,2,15H2,1H3,(H2,26,30,31,32)/p+1. The van der Waals surface area contributed by atoms with E-state index in [2.05, 4.69) is 20.5 Å². The molecule has 2 heterocycles. The minimum atomic E-state index is -1.02. The Morgan fingerprint density at radius 2 is 1.88 bits per heavy atom. The molecular formula is C24H22N5O4S+. The van der Waals surface area contributed by atoms with Gasteiger partial charge in [-0.3, -0.25) is 9.78 Å². The van der Waals surface area contributed by atoms with Gasteiger partial charge in [0.05, 0.1) is 28.6 Å². The minimum Gasteiger partial charge on any atom is -0.494 e. The van der Waals surface area contributed by atoms with Crippen molar-refractivity contribution in [1.82, 2.24) is 15.2 Å². The minimum absolute atomic E-state index is 0.106. The third-order valence-electron chi connectivity index (χ3n) is 4.76. The summed E-state index contributed by atoms with van der Waals surface area (Å²) in [6.45, 7) is 2.51. The van der Waals surface area contributed by atoms with Crippen molar-refractivity contribution in [2.24, 2.45) is 0 Å². The van der Waals surface area contributed by atoms with E-state index in [1.165, 1.54) is 23.9 Å². The zero-order valence-corrected chi connectivity index (χ0v) is 19.1. The second-order valence-corrected chi connectivity index (χ2v) is 8.02. The van der Waals surface area contributed by atoms with Crippen molar-refractivity contribution in [2.45, 2.75) is 12.1 Å². The van der Waals surface area contributed by atoms with Crippen LogP contribution in [0, 0.1) is 0 Å². The van der Waals surface area contributed by atoms with E-state index >= 15 is 0 Å². The summed E-state index contributed by atoms with van der Waals surface area (Å²) in [6, 6.07) is 17.4. The summed E-state index contributed by atoms with van der Waals surface area (Å²) in [4.78, 5) is 27.7. The predicted molar refractivity (Wildman–Crippen MR) is 127 cm³/mol. The zero-order valence-electron chi connectivity index (χ0n) is 18.3. The van der Waals surface area contributed by atoms with Crippen LogP contribution in [0.5, 0.6) is 5.75 Å². The molecule has 4 rings (SSSR count). The number of hydrogen-bond donors (Lipinski definition) is 3. The Hall–Kier alpha value is -4.18. The Labute approximate surface area is 199 Å². The fraction of sp³-hybridized carbons (Fsp3) is 0.125. The number of hydrogen-bond acceptors (Lipinski definition) is 6. The highest BCUT2D eigenvalue weighted by Crippen LogP contribution is 2.21. The molecule has 3 N–H and O–H groups in total. The quantitative estimate of drug-likeness (QED) is 0.249. The van der Waals surface area contributed by atoms with E-state index in [1.807, 2.05) is 47.9 Å². The molecule has 0 saturated heterocycles. The van der Waals surface area contributed by atoms with Gasteiger partial charge in [0.1, 0.15) is 11.4 Å². The number of rotatable bonds is 9. The average Bonchev–Trinajstić information content (AvgIpc) is 3.28. The van der Waals surface area contributed by atoms with E-state index in [4.69, 9.17) is 9.84 Å². The number of carbonyl (C=O) groups is 2. The van der Waals surface area contributed by atoms with E-state index in [9.17, 15) is 9.59 Å². The Balaban J connectivity index is 1.54. The lowest BCUT2D eigenvalue weighted by Crippen LogP contribution is -2.34. The Morgan fingerprint density at radius 3 is 2.53 bits per heavy atom. The number of aromatic nitrogens is 4. The van der Waals surface area contributed by atoms with Gasteiger partial charge in [0.2, 0.25) is 5.91 Å². The largest absolute Gasteiger partial charge is 0.494 e. The van der Waals surface area contributed by atoms with Crippen molar-refractivity contribution in [1.29, 1.82) is 0 Å². The molecule has 4 aromatic rings. The number of carboxylic acids is 1. The molecule has 2 aromatic heterocycles. The maximum Gasteiger partial charge on any atom is 0.342 e. The first-order chi connectivity index (χ1) is 16.5. The van der Waals surface area contributed by atoms with Crippen LogP contribution in [-0.2, 0) is 4.79 Å². The van der Waals surface area contributed by atoms with E-state index in [1.54, 1.807) is 24.5 Å². The molecule has 0 aliphatic rings. The highest BCUT2D eigenvalue weighted by Gasteiger charge is 2.25. The first-order valence-corrected chi connectivity index (χ1v) is 11.4. The molecule has 1 amide bonds. The molecule has 9 nitrogen and oxygen atoms in total. The van der Waals surface area contributed by atoms with Crippen LogP contribution in [0.3, 0.4) is 0 Å². The lowest BCUT2D eigenvalue weighted by molar-refractivity contribution is -0.625. The van der Waals surface area contributed by atoms with Crippen LogP contribution in [0.25, 0.3) is 17.1 Å². The summed E-state index contributed by atoms with van der Waals surface area (Å²) >= 11 is 1.27. The van der Waals surface area contributed by atoms with Crippen LogP contribution in [0.4, 0.5) is 5.69 Å². The first kappa shape index (κ1) is 23.0. The molecule has 172 valence electrons. The number of pyridine rings is 1. The summed E-state index contributed by atoms with van der Waals surface area (Å²) < 4.78 is 7.47. The highest BCUT2D eigenvalue weighted by molar-refractivity contribution is 7.99. The number of carboxylic acid groups (broad SMARTS) is 1. The van der Waals surface area contributed by atoms with Crippen molar-refractivity contribution in [3.8, 4) is 22.8 Å². The number of aromatic amines is 1. The molecule has 0 spiro atoms. The van der Waals surface area contributed by atoms with E-state index in [0.717, 1.165) is 22.8 Å². The van der Waals surface area contributed by atoms with Crippen LogP contribution in [-0.4, -0.2) is 44.5 Å².